The molecule has 28 heavy (non-hydrogen) atoms. The Morgan fingerprint density at radius 3 is 2.39 bits per heavy atom. The fourth-order valence-corrected chi connectivity index (χ4v) is 5.25. The van der Waals surface area contributed by atoms with Crippen LogP contribution in [0.15, 0.2) is 47.4 Å². The van der Waals surface area contributed by atoms with Crippen LogP contribution in [0.25, 0.3) is 0 Å². The van der Waals surface area contributed by atoms with E-state index in [0.29, 0.717) is 5.02 Å². The second-order valence-corrected chi connectivity index (χ2v) is 9.28. The van der Waals surface area contributed by atoms with Crippen LogP contribution in [0.4, 0.5) is 0 Å². The van der Waals surface area contributed by atoms with Crippen LogP contribution < -0.4 is 0 Å². The third kappa shape index (κ3) is 3.29. The zero-order valence-corrected chi connectivity index (χ0v) is 17.6. The largest absolute Gasteiger partial charge is 0.335 e. The second kappa shape index (κ2) is 7.22. The quantitative estimate of drug-likeness (QED) is 0.755. The first kappa shape index (κ1) is 20.4. The molecular formula is C20H21ClN2O4S. The zero-order valence-electron chi connectivity index (χ0n) is 16.0. The highest BCUT2D eigenvalue weighted by Gasteiger charge is 2.43. The third-order valence-electron chi connectivity index (χ3n) is 4.90. The summed E-state index contributed by atoms with van der Waals surface area (Å²) in [4.78, 5) is 26.8. The summed E-state index contributed by atoms with van der Waals surface area (Å²) >= 11 is 6.03. The number of hydrogen-bond acceptors (Lipinski definition) is 4. The lowest BCUT2D eigenvalue weighted by Gasteiger charge is -2.25. The molecule has 1 atom stereocenters. The summed E-state index contributed by atoms with van der Waals surface area (Å²) < 4.78 is 26.3. The molecule has 0 saturated carbocycles. The van der Waals surface area contributed by atoms with Crippen molar-refractivity contribution < 1.29 is 18.0 Å². The minimum Gasteiger partial charge on any atom is -0.335 e. The molecule has 1 heterocycles. The van der Waals surface area contributed by atoms with Gasteiger partial charge in [0, 0.05) is 23.7 Å². The van der Waals surface area contributed by atoms with Gasteiger partial charge >= 0.3 is 0 Å². The number of halogens is 1. The van der Waals surface area contributed by atoms with Crippen LogP contribution in [-0.2, 0) is 10.0 Å². The van der Waals surface area contributed by atoms with Crippen molar-refractivity contribution in [3.05, 3.63) is 64.2 Å². The van der Waals surface area contributed by atoms with E-state index < -0.39 is 22.0 Å². The van der Waals surface area contributed by atoms with Crippen LogP contribution >= 0.6 is 11.6 Å². The van der Waals surface area contributed by atoms with Crippen molar-refractivity contribution in [3.63, 3.8) is 0 Å². The second-order valence-electron chi connectivity index (χ2n) is 7.06. The highest BCUT2D eigenvalue weighted by Crippen LogP contribution is 2.33. The minimum absolute atomic E-state index is 0.0933. The summed E-state index contributed by atoms with van der Waals surface area (Å²) in [6, 6.07) is 10.6. The van der Waals surface area contributed by atoms with Crippen molar-refractivity contribution in [1.82, 2.24) is 9.21 Å². The molecular weight excluding hydrogens is 400 g/mol. The van der Waals surface area contributed by atoms with E-state index in [2.05, 4.69) is 0 Å². The molecule has 6 nitrogen and oxygen atoms in total. The van der Waals surface area contributed by atoms with Crippen molar-refractivity contribution in [2.45, 2.75) is 37.8 Å². The van der Waals surface area contributed by atoms with Crippen LogP contribution in [0.2, 0.25) is 5.02 Å². The fraction of sp³-hybridized carbons (Fsp3) is 0.300. The van der Waals surface area contributed by atoms with E-state index in [0.717, 1.165) is 9.87 Å². The lowest BCUT2D eigenvalue weighted by molar-refractivity contribution is 0.0741. The maximum Gasteiger partial charge on any atom is 0.269 e. The summed E-state index contributed by atoms with van der Waals surface area (Å²) in [6.45, 7) is 5.12. The number of amides is 2. The molecule has 2 amide bonds. The molecule has 1 unspecified atom stereocenters. The smallest absolute Gasteiger partial charge is 0.269 e. The average molecular weight is 421 g/mol. The van der Waals surface area contributed by atoms with Crippen LogP contribution in [0, 0.1) is 0 Å². The first-order valence-corrected chi connectivity index (χ1v) is 10.6. The monoisotopic (exact) mass is 420 g/mol. The van der Waals surface area contributed by atoms with Crippen molar-refractivity contribution >= 4 is 33.4 Å². The molecule has 148 valence electrons. The van der Waals surface area contributed by atoms with Gasteiger partial charge in [0.25, 0.3) is 21.8 Å². The van der Waals surface area contributed by atoms with Crippen molar-refractivity contribution in [2.24, 2.45) is 0 Å². The van der Waals surface area contributed by atoms with Gasteiger partial charge in [0.05, 0.1) is 11.6 Å². The molecule has 1 aliphatic rings. The molecule has 0 saturated heterocycles. The number of sulfonamides is 1. The van der Waals surface area contributed by atoms with Gasteiger partial charge in [-0.3, -0.25) is 9.59 Å². The SMILES string of the molecule is CC(c1cccc(Cl)c1)N(C)C(=O)c1ccc2c(c1)S(=O)(=O)N(C(C)C)C2=O. The Morgan fingerprint density at radius 1 is 1.11 bits per heavy atom. The maximum atomic E-state index is 13.0. The molecule has 0 spiro atoms. The van der Waals surface area contributed by atoms with E-state index in [1.165, 1.54) is 23.1 Å². The normalized spacial score (nSPS) is 16.2. The van der Waals surface area contributed by atoms with E-state index in [9.17, 15) is 18.0 Å². The van der Waals surface area contributed by atoms with Gasteiger partial charge in [0.2, 0.25) is 0 Å². The van der Waals surface area contributed by atoms with Gasteiger partial charge in [-0.25, -0.2) is 12.7 Å². The molecule has 0 N–H and O–H groups in total. The number of fused-ring (bicyclic) bond motifs is 1. The maximum absolute atomic E-state index is 13.0. The highest BCUT2D eigenvalue weighted by molar-refractivity contribution is 7.90. The molecule has 0 bridgehead atoms. The standard InChI is InChI=1S/C20H21ClN2O4S/c1-12(2)23-20(25)17-9-8-15(11-18(17)28(23,26)27)19(24)22(4)13(3)14-6-5-7-16(21)10-14/h5-13H,1-4H3. The molecule has 8 heteroatoms. The Morgan fingerprint density at radius 2 is 1.79 bits per heavy atom. The molecule has 0 aromatic heterocycles. The van der Waals surface area contributed by atoms with Gasteiger partial charge < -0.3 is 4.90 Å². The highest BCUT2D eigenvalue weighted by atomic mass is 35.5. The summed E-state index contributed by atoms with van der Waals surface area (Å²) in [7, 11) is -2.32. The average Bonchev–Trinajstić information content (AvgIpc) is 2.85. The summed E-state index contributed by atoms with van der Waals surface area (Å²) in [6.07, 6.45) is 0. The van der Waals surface area contributed by atoms with E-state index >= 15 is 0 Å². The van der Waals surface area contributed by atoms with Crippen molar-refractivity contribution in [3.8, 4) is 0 Å². The number of hydrogen-bond donors (Lipinski definition) is 0. The predicted octanol–water partition coefficient (Wildman–Crippen LogP) is 3.73. The van der Waals surface area contributed by atoms with Gasteiger partial charge in [0.1, 0.15) is 4.90 Å². The Balaban J connectivity index is 1.95. The Bertz CT molecular complexity index is 1070. The van der Waals surface area contributed by atoms with Crippen molar-refractivity contribution in [1.29, 1.82) is 0 Å². The van der Waals surface area contributed by atoms with Gasteiger partial charge in [-0.2, -0.15) is 0 Å². The number of nitrogens with zero attached hydrogens (tertiary/aromatic N) is 2. The minimum atomic E-state index is -3.96. The van der Waals surface area contributed by atoms with E-state index in [1.54, 1.807) is 39.1 Å². The predicted molar refractivity (Wildman–Crippen MR) is 107 cm³/mol. The van der Waals surface area contributed by atoms with E-state index in [4.69, 9.17) is 11.6 Å². The van der Waals surface area contributed by atoms with Gasteiger partial charge in [-0.1, -0.05) is 23.7 Å². The molecule has 0 fully saturated rings. The Kier molecular flexibility index (Phi) is 5.25. The molecule has 0 aliphatic carbocycles. The third-order valence-corrected chi connectivity index (χ3v) is 7.13. The van der Waals surface area contributed by atoms with Crippen molar-refractivity contribution in [2.75, 3.05) is 7.05 Å². The first-order valence-electron chi connectivity index (χ1n) is 8.81. The first-order chi connectivity index (χ1) is 13.1. The number of benzene rings is 2. The fourth-order valence-electron chi connectivity index (χ4n) is 3.26. The van der Waals surface area contributed by atoms with Gasteiger partial charge in [-0.15, -0.1) is 0 Å². The van der Waals surface area contributed by atoms with Gasteiger partial charge in [0.15, 0.2) is 0 Å². The van der Waals surface area contributed by atoms with Crippen LogP contribution in [0.3, 0.4) is 0 Å². The van der Waals surface area contributed by atoms with Crippen LogP contribution in [-0.4, -0.2) is 42.5 Å². The lowest BCUT2D eigenvalue weighted by atomic mass is 10.1. The molecule has 1 aliphatic heterocycles. The Labute approximate surface area is 169 Å². The number of carbonyl (C=O) groups is 2. The summed E-state index contributed by atoms with van der Waals surface area (Å²) in [5.74, 6) is -0.912. The Hall–Kier alpha value is -2.38. The molecule has 0 radical (unpaired) electrons. The number of carbonyl (C=O) groups excluding carboxylic acids is 2. The lowest BCUT2D eigenvalue weighted by Crippen LogP contribution is -2.36. The number of rotatable bonds is 4. The zero-order chi connectivity index (χ0) is 20.8. The molecule has 2 aromatic rings. The molecule has 3 rings (SSSR count). The van der Waals surface area contributed by atoms with E-state index in [-0.39, 0.29) is 28.0 Å². The van der Waals surface area contributed by atoms with Crippen LogP contribution in [0.5, 0.6) is 0 Å². The summed E-state index contributed by atoms with van der Waals surface area (Å²) in [5, 5.41) is 0.570. The topological polar surface area (TPSA) is 74.8 Å². The molecule has 2 aromatic carbocycles. The van der Waals surface area contributed by atoms with E-state index in [1.807, 2.05) is 13.0 Å². The van der Waals surface area contributed by atoms with Gasteiger partial charge in [-0.05, 0) is 56.7 Å². The summed E-state index contributed by atoms with van der Waals surface area (Å²) in [5.41, 5.74) is 1.16. The van der Waals surface area contributed by atoms with Crippen LogP contribution in [0.1, 0.15) is 53.1 Å².